The third kappa shape index (κ3) is 4.97. The lowest BCUT2D eigenvalue weighted by atomic mass is 9.79. The van der Waals surface area contributed by atoms with Gasteiger partial charge in [-0.15, -0.1) is 0 Å². The molecule has 0 radical (unpaired) electrons. The fourth-order valence-electron chi connectivity index (χ4n) is 2.72. The molecule has 4 unspecified atom stereocenters. The summed E-state index contributed by atoms with van der Waals surface area (Å²) in [5, 5.41) is 3.85. The van der Waals surface area contributed by atoms with Crippen molar-refractivity contribution in [2.45, 2.75) is 66.0 Å². The molecule has 0 aromatic heterocycles. The van der Waals surface area contributed by atoms with Crippen molar-refractivity contribution in [2.24, 2.45) is 17.8 Å². The second-order valence-electron chi connectivity index (χ2n) is 6.18. The molecule has 1 aliphatic carbocycles. The SMILES string of the molecule is CCOCC(NC1CC(C)CCC1C)C(C)C. The number of hydrogen-bond acceptors (Lipinski definition) is 2. The van der Waals surface area contributed by atoms with Gasteiger partial charge in [0.15, 0.2) is 0 Å². The first kappa shape index (κ1) is 15.0. The van der Waals surface area contributed by atoms with Gasteiger partial charge in [0, 0.05) is 18.7 Å². The summed E-state index contributed by atoms with van der Waals surface area (Å²) in [6.07, 6.45) is 4.10. The van der Waals surface area contributed by atoms with Crippen LogP contribution in [0.1, 0.15) is 53.9 Å². The molecule has 1 N–H and O–H groups in total. The van der Waals surface area contributed by atoms with E-state index in [1.165, 1.54) is 19.3 Å². The van der Waals surface area contributed by atoms with Crippen LogP contribution in [0.25, 0.3) is 0 Å². The van der Waals surface area contributed by atoms with E-state index >= 15 is 0 Å². The molecular formula is C15H31NO. The highest BCUT2D eigenvalue weighted by Crippen LogP contribution is 2.29. The van der Waals surface area contributed by atoms with E-state index < -0.39 is 0 Å². The fourth-order valence-corrected chi connectivity index (χ4v) is 2.72. The van der Waals surface area contributed by atoms with Gasteiger partial charge in [-0.2, -0.15) is 0 Å². The highest BCUT2D eigenvalue weighted by Gasteiger charge is 2.28. The van der Waals surface area contributed by atoms with Gasteiger partial charge in [-0.05, 0) is 37.5 Å². The molecule has 0 amide bonds. The van der Waals surface area contributed by atoms with Gasteiger partial charge < -0.3 is 10.1 Å². The Labute approximate surface area is 108 Å². The van der Waals surface area contributed by atoms with Gasteiger partial charge in [0.05, 0.1) is 6.61 Å². The highest BCUT2D eigenvalue weighted by molar-refractivity contribution is 4.85. The van der Waals surface area contributed by atoms with Gasteiger partial charge in [-0.25, -0.2) is 0 Å². The van der Waals surface area contributed by atoms with Crippen LogP contribution in [0, 0.1) is 17.8 Å². The van der Waals surface area contributed by atoms with Gasteiger partial charge in [0.2, 0.25) is 0 Å². The fraction of sp³-hybridized carbons (Fsp3) is 1.00. The van der Waals surface area contributed by atoms with E-state index in [-0.39, 0.29) is 0 Å². The summed E-state index contributed by atoms with van der Waals surface area (Å²) in [6.45, 7) is 13.1. The van der Waals surface area contributed by atoms with Crippen molar-refractivity contribution in [3.05, 3.63) is 0 Å². The van der Waals surface area contributed by atoms with Gasteiger partial charge in [0.1, 0.15) is 0 Å². The molecule has 1 fully saturated rings. The lowest BCUT2D eigenvalue weighted by molar-refractivity contribution is 0.0910. The lowest BCUT2D eigenvalue weighted by Crippen LogP contribution is -2.49. The van der Waals surface area contributed by atoms with Crippen molar-refractivity contribution in [3.8, 4) is 0 Å². The van der Waals surface area contributed by atoms with Gasteiger partial charge >= 0.3 is 0 Å². The Morgan fingerprint density at radius 2 is 1.94 bits per heavy atom. The summed E-state index contributed by atoms with van der Waals surface area (Å²) in [7, 11) is 0. The number of ether oxygens (including phenoxy) is 1. The molecule has 0 aliphatic heterocycles. The van der Waals surface area contributed by atoms with Crippen LogP contribution in [0.2, 0.25) is 0 Å². The molecule has 1 aliphatic rings. The second-order valence-corrected chi connectivity index (χ2v) is 6.18. The third-order valence-corrected chi connectivity index (χ3v) is 4.19. The van der Waals surface area contributed by atoms with E-state index in [2.05, 4.69) is 39.9 Å². The van der Waals surface area contributed by atoms with Crippen LogP contribution >= 0.6 is 0 Å². The number of nitrogens with one attached hydrogen (secondary N) is 1. The molecular weight excluding hydrogens is 210 g/mol. The van der Waals surface area contributed by atoms with Crippen molar-refractivity contribution in [3.63, 3.8) is 0 Å². The summed E-state index contributed by atoms with van der Waals surface area (Å²) in [6, 6.07) is 1.19. The normalized spacial score (nSPS) is 31.8. The second kappa shape index (κ2) is 7.38. The zero-order valence-corrected chi connectivity index (χ0v) is 12.3. The zero-order valence-electron chi connectivity index (χ0n) is 12.3. The Morgan fingerprint density at radius 1 is 1.24 bits per heavy atom. The standard InChI is InChI=1S/C15H31NO/c1-6-17-10-15(11(2)3)16-14-9-12(4)7-8-13(14)5/h11-16H,6-10H2,1-5H3. The summed E-state index contributed by atoms with van der Waals surface area (Å²) in [5.74, 6) is 2.34. The summed E-state index contributed by atoms with van der Waals surface area (Å²) >= 11 is 0. The van der Waals surface area contributed by atoms with E-state index in [1.54, 1.807) is 0 Å². The van der Waals surface area contributed by atoms with Crippen LogP contribution in [-0.4, -0.2) is 25.3 Å². The van der Waals surface area contributed by atoms with Gasteiger partial charge in [-0.1, -0.05) is 34.1 Å². The molecule has 0 saturated heterocycles. The van der Waals surface area contributed by atoms with Crippen molar-refractivity contribution < 1.29 is 4.74 Å². The molecule has 4 atom stereocenters. The first-order chi connectivity index (χ1) is 8.04. The van der Waals surface area contributed by atoms with Crippen LogP contribution in [0.5, 0.6) is 0 Å². The molecule has 0 bridgehead atoms. The monoisotopic (exact) mass is 241 g/mol. The first-order valence-electron chi connectivity index (χ1n) is 7.38. The summed E-state index contributed by atoms with van der Waals surface area (Å²) in [4.78, 5) is 0. The highest BCUT2D eigenvalue weighted by atomic mass is 16.5. The molecule has 0 heterocycles. The Bertz CT molecular complexity index is 205. The quantitative estimate of drug-likeness (QED) is 0.769. The van der Waals surface area contributed by atoms with Crippen LogP contribution in [0.15, 0.2) is 0 Å². The van der Waals surface area contributed by atoms with Crippen molar-refractivity contribution >= 4 is 0 Å². The number of hydrogen-bond donors (Lipinski definition) is 1. The van der Waals surface area contributed by atoms with Crippen molar-refractivity contribution in [1.29, 1.82) is 0 Å². The molecule has 17 heavy (non-hydrogen) atoms. The summed E-state index contributed by atoms with van der Waals surface area (Å²) < 4.78 is 5.60. The predicted molar refractivity (Wildman–Crippen MR) is 74.2 cm³/mol. The van der Waals surface area contributed by atoms with Crippen LogP contribution in [0.4, 0.5) is 0 Å². The maximum absolute atomic E-state index is 5.60. The Morgan fingerprint density at radius 3 is 2.53 bits per heavy atom. The van der Waals surface area contributed by atoms with E-state index in [9.17, 15) is 0 Å². The largest absolute Gasteiger partial charge is 0.380 e. The van der Waals surface area contributed by atoms with Crippen LogP contribution in [-0.2, 0) is 4.74 Å². The smallest absolute Gasteiger partial charge is 0.0622 e. The van der Waals surface area contributed by atoms with Crippen LogP contribution < -0.4 is 5.32 Å². The maximum atomic E-state index is 5.60. The predicted octanol–water partition coefficient (Wildman–Crippen LogP) is 3.46. The molecule has 1 rings (SSSR count). The minimum Gasteiger partial charge on any atom is -0.380 e. The van der Waals surface area contributed by atoms with E-state index in [1.807, 2.05) is 0 Å². The van der Waals surface area contributed by atoms with Crippen molar-refractivity contribution in [1.82, 2.24) is 5.32 Å². The first-order valence-corrected chi connectivity index (χ1v) is 7.38. The average Bonchev–Trinajstić information content (AvgIpc) is 2.28. The van der Waals surface area contributed by atoms with E-state index in [0.717, 1.165) is 25.0 Å². The lowest BCUT2D eigenvalue weighted by Gasteiger charge is -2.37. The minimum absolute atomic E-state index is 0.507. The molecule has 2 heteroatoms. The van der Waals surface area contributed by atoms with E-state index in [0.29, 0.717) is 18.0 Å². The topological polar surface area (TPSA) is 21.3 Å². The zero-order chi connectivity index (χ0) is 12.8. The number of rotatable bonds is 6. The molecule has 0 aromatic rings. The maximum Gasteiger partial charge on any atom is 0.0622 e. The third-order valence-electron chi connectivity index (χ3n) is 4.19. The van der Waals surface area contributed by atoms with Crippen molar-refractivity contribution in [2.75, 3.05) is 13.2 Å². The van der Waals surface area contributed by atoms with Crippen LogP contribution in [0.3, 0.4) is 0 Å². The minimum atomic E-state index is 0.507. The molecule has 0 spiro atoms. The summed E-state index contributed by atoms with van der Waals surface area (Å²) in [5.41, 5.74) is 0. The molecule has 102 valence electrons. The Hall–Kier alpha value is -0.0800. The molecule has 2 nitrogen and oxygen atoms in total. The molecule has 0 aromatic carbocycles. The van der Waals surface area contributed by atoms with Gasteiger partial charge in [-0.3, -0.25) is 0 Å². The van der Waals surface area contributed by atoms with Gasteiger partial charge in [0.25, 0.3) is 0 Å². The average molecular weight is 241 g/mol. The van der Waals surface area contributed by atoms with E-state index in [4.69, 9.17) is 4.74 Å². The Kier molecular flexibility index (Phi) is 6.50. The Balaban J connectivity index is 2.46. The molecule has 1 saturated carbocycles.